The Morgan fingerprint density at radius 2 is 1.94 bits per heavy atom. The zero-order valence-electron chi connectivity index (χ0n) is 17.8. The molecule has 164 valence electrons. The van der Waals surface area contributed by atoms with Crippen LogP contribution in [0.1, 0.15) is 51.7 Å². The van der Waals surface area contributed by atoms with E-state index in [2.05, 4.69) is 0 Å². The molecule has 0 unspecified atom stereocenters. The summed E-state index contributed by atoms with van der Waals surface area (Å²) >= 11 is 0. The van der Waals surface area contributed by atoms with Gasteiger partial charge >= 0.3 is 0 Å². The molecule has 2 aliphatic heterocycles. The minimum absolute atomic E-state index is 0.000237. The van der Waals surface area contributed by atoms with E-state index >= 15 is 0 Å². The van der Waals surface area contributed by atoms with Gasteiger partial charge in [0.15, 0.2) is 5.43 Å². The lowest BCUT2D eigenvalue weighted by molar-refractivity contribution is -0.384. The first kappa shape index (κ1) is 20.4. The topological polar surface area (TPSA) is 103 Å². The van der Waals surface area contributed by atoms with Crippen LogP contribution in [-0.4, -0.2) is 35.0 Å². The van der Waals surface area contributed by atoms with E-state index in [4.69, 9.17) is 9.15 Å². The van der Waals surface area contributed by atoms with Crippen LogP contribution in [0.5, 0.6) is 0 Å². The van der Waals surface area contributed by atoms with E-state index in [1.54, 1.807) is 29.2 Å². The molecule has 0 N–H and O–H groups in total. The van der Waals surface area contributed by atoms with Gasteiger partial charge < -0.3 is 14.1 Å². The van der Waals surface area contributed by atoms with Crippen molar-refractivity contribution in [1.82, 2.24) is 4.90 Å². The molecule has 2 aromatic carbocycles. The van der Waals surface area contributed by atoms with E-state index in [1.807, 2.05) is 13.8 Å². The molecule has 0 aliphatic carbocycles. The van der Waals surface area contributed by atoms with Crippen LogP contribution in [0, 0.1) is 24.0 Å². The third-order valence-electron chi connectivity index (χ3n) is 6.40. The van der Waals surface area contributed by atoms with Crippen LogP contribution >= 0.6 is 0 Å². The van der Waals surface area contributed by atoms with E-state index in [-0.39, 0.29) is 35.1 Å². The van der Waals surface area contributed by atoms with Gasteiger partial charge in [0.05, 0.1) is 28.0 Å². The molecule has 1 saturated heterocycles. The predicted molar refractivity (Wildman–Crippen MR) is 117 cm³/mol. The fraction of sp³-hybridized carbons (Fsp3) is 0.333. The maximum Gasteiger partial charge on any atom is 0.291 e. The van der Waals surface area contributed by atoms with E-state index < -0.39 is 16.9 Å². The van der Waals surface area contributed by atoms with Gasteiger partial charge in [-0.15, -0.1) is 0 Å². The molecule has 2 atom stereocenters. The molecule has 8 heteroatoms. The van der Waals surface area contributed by atoms with Crippen molar-refractivity contribution in [2.75, 3.05) is 13.2 Å². The summed E-state index contributed by atoms with van der Waals surface area (Å²) in [6.07, 6.45) is 1.56. The molecule has 1 aromatic heterocycles. The second kappa shape index (κ2) is 7.56. The molecule has 0 radical (unpaired) electrons. The minimum atomic E-state index is -0.774. The zero-order valence-corrected chi connectivity index (χ0v) is 17.8. The Labute approximate surface area is 183 Å². The Morgan fingerprint density at radius 3 is 2.66 bits per heavy atom. The van der Waals surface area contributed by atoms with Gasteiger partial charge in [-0.05, 0) is 55.5 Å². The Morgan fingerprint density at radius 1 is 1.16 bits per heavy atom. The van der Waals surface area contributed by atoms with Gasteiger partial charge in [0.2, 0.25) is 5.76 Å². The van der Waals surface area contributed by atoms with Crippen LogP contribution < -0.4 is 5.43 Å². The number of nitrogens with zero attached hydrogens (tertiary/aromatic N) is 2. The number of benzene rings is 2. The van der Waals surface area contributed by atoms with Crippen molar-refractivity contribution < 1.29 is 18.9 Å². The third kappa shape index (κ3) is 3.18. The Kier molecular flexibility index (Phi) is 4.82. The summed E-state index contributed by atoms with van der Waals surface area (Å²) in [4.78, 5) is 39.5. The molecule has 2 aliphatic rings. The number of aryl methyl sites for hydroxylation is 2. The highest BCUT2D eigenvalue weighted by atomic mass is 16.6. The number of amides is 1. The molecular formula is C24H22N2O6. The van der Waals surface area contributed by atoms with Gasteiger partial charge in [-0.3, -0.25) is 19.7 Å². The summed E-state index contributed by atoms with van der Waals surface area (Å²) in [5, 5.41) is 11.8. The number of nitro groups is 1. The van der Waals surface area contributed by atoms with Crippen LogP contribution in [0.2, 0.25) is 0 Å². The Balaban J connectivity index is 1.73. The lowest BCUT2D eigenvalue weighted by Gasteiger charge is -2.27. The normalized spacial score (nSPS) is 20.2. The van der Waals surface area contributed by atoms with Crippen molar-refractivity contribution in [3.8, 4) is 0 Å². The van der Waals surface area contributed by atoms with E-state index in [0.29, 0.717) is 23.1 Å². The van der Waals surface area contributed by atoms with Crippen molar-refractivity contribution in [1.29, 1.82) is 0 Å². The summed E-state index contributed by atoms with van der Waals surface area (Å²) in [5.74, 6) is -0.399. The van der Waals surface area contributed by atoms with Gasteiger partial charge in [-0.2, -0.15) is 0 Å². The van der Waals surface area contributed by atoms with Crippen molar-refractivity contribution in [3.05, 3.63) is 84.7 Å². The van der Waals surface area contributed by atoms with Gasteiger partial charge in [0.25, 0.3) is 11.6 Å². The maximum absolute atomic E-state index is 13.6. The van der Waals surface area contributed by atoms with Gasteiger partial charge in [-0.1, -0.05) is 12.1 Å². The Hall–Kier alpha value is -3.52. The number of rotatable bonds is 4. The van der Waals surface area contributed by atoms with Crippen molar-refractivity contribution in [2.45, 2.75) is 38.8 Å². The molecule has 8 nitrogen and oxygen atoms in total. The predicted octanol–water partition coefficient (Wildman–Crippen LogP) is 4.04. The largest absolute Gasteiger partial charge is 0.450 e. The number of ether oxygens (including phenoxy) is 1. The summed E-state index contributed by atoms with van der Waals surface area (Å²) < 4.78 is 11.7. The smallest absolute Gasteiger partial charge is 0.291 e. The number of carbonyl (C=O) groups is 1. The average Bonchev–Trinajstić information content (AvgIpc) is 3.37. The first-order valence-corrected chi connectivity index (χ1v) is 10.6. The number of carbonyl (C=O) groups excluding carboxylic acids is 1. The molecular weight excluding hydrogens is 412 g/mol. The van der Waals surface area contributed by atoms with Crippen LogP contribution in [0.4, 0.5) is 5.69 Å². The second-order valence-corrected chi connectivity index (χ2v) is 8.45. The lowest BCUT2D eigenvalue weighted by Crippen LogP contribution is -2.36. The highest BCUT2D eigenvalue weighted by molar-refractivity contribution is 5.99. The molecule has 5 rings (SSSR count). The molecule has 1 amide bonds. The highest BCUT2D eigenvalue weighted by Crippen LogP contribution is 2.40. The van der Waals surface area contributed by atoms with Gasteiger partial charge in [-0.25, -0.2) is 0 Å². The SMILES string of the molecule is Cc1cc2oc3c(c(=O)c2cc1C)[C@@H](c1cccc([N+](=O)[O-])c1)N(C[C@H]1CCCO1)C3=O. The van der Waals surface area contributed by atoms with Crippen LogP contribution in [0.25, 0.3) is 11.0 Å². The van der Waals surface area contributed by atoms with E-state index in [9.17, 15) is 19.7 Å². The second-order valence-electron chi connectivity index (χ2n) is 8.45. The molecule has 1 fully saturated rings. The lowest BCUT2D eigenvalue weighted by atomic mass is 9.97. The molecule has 0 spiro atoms. The third-order valence-corrected chi connectivity index (χ3v) is 6.40. The molecule has 3 aromatic rings. The first-order chi connectivity index (χ1) is 15.3. The standard InChI is InChI=1S/C24H22N2O6/c1-13-9-18-19(10-14(13)2)32-23-20(22(18)27)21(15-5-3-6-16(11-15)26(29)30)25(24(23)28)12-17-7-4-8-31-17/h3,5-6,9-11,17,21H,4,7-8,12H2,1-2H3/t17-,21-/m1/s1. The summed E-state index contributed by atoms with van der Waals surface area (Å²) in [7, 11) is 0. The van der Waals surface area contributed by atoms with Crippen molar-refractivity contribution in [3.63, 3.8) is 0 Å². The number of hydrogen-bond donors (Lipinski definition) is 0. The molecule has 0 saturated carbocycles. The van der Waals surface area contributed by atoms with Crippen molar-refractivity contribution >= 4 is 22.6 Å². The molecule has 3 heterocycles. The van der Waals surface area contributed by atoms with Crippen LogP contribution in [0.3, 0.4) is 0 Å². The first-order valence-electron chi connectivity index (χ1n) is 10.6. The summed E-state index contributed by atoms with van der Waals surface area (Å²) in [6, 6.07) is 8.84. The fourth-order valence-electron chi connectivity index (χ4n) is 4.63. The number of fused-ring (bicyclic) bond motifs is 2. The number of non-ortho nitro benzene ring substituents is 1. The maximum atomic E-state index is 13.6. The van der Waals surface area contributed by atoms with E-state index in [1.165, 1.54) is 12.1 Å². The van der Waals surface area contributed by atoms with Crippen LogP contribution in [0.15, 0.2) is 45.6 Å². The summed E-state index contributed by atoms with van der Waals surface area (Å²) in [6.45, 7) is 4.73. The van der Waals surface area contributed by atoms with Gasteiger partial charge in [0, 0.05) is 25.3 Å². The van der Waals surface area contributed by atoms with Crippen molar-refractivity contribution in [2.24, 2.45) is 0 Å². The molecule has 32 heavy (non-hydrogen) atoms. The van der Waals surface area contributed by atoms with E-state index in [0.717, 1.165) is 24.0 Å². The quantitative estimate of drug-likeness (QED) is 0.453. The monoisotopic (exact) mass is 434 g/mol. The highest BCUT2D eigenvalue weighted by Gasteiger charge is 2.44. The van der Waals surface area contributed by atoms with Gasteiger partial charge in [0.1, 0.15) is 5.58 Å². The number of hydrogen-bond acceptors (Lipinski definition) is 6. The number of nitro benzene ring substituents is 1. The van der Waals surface area contributed by atoms with Crippen LogP contribution in [-0.2, 0) is 4.74 Å². The average molecular weight is 434 g/mol. The Bertz CT molecular complexity index is 1320. The summed E-state index contributed by atoms with van der Waals surface area (Å²) in [5.41, 5.74) is 2.60. The fourth-order valence-corrected chi connectivity index (χ4v) is 4.63. The minimum Gasteiger partial charge on any atom is -0.450 e. The molecule has 0 bridgehead atoms. The zero-order chi connectivity index (χ0) is 22.6.